The summed E-state index contributed by atoms with van der Waals surface area (Å²) in [6, 6.07) is 0. The minimum absolute atomic E-state index is 0.193. The van der Waals surface area contributed by atoms with Gasteiger partial charge in [-0.15, -0.1) is 11.6 Å². The third-order valence-electron chi connectivity index (χ3n) is 2.29. The SMILES string of the molecule is CCC(C)CC(=O)N(CCCl)CC(F)F. The molecular formula is C10H18ClF2NO. The molecule has 0 aromatic heterocycles. The number of carbonyl (C=O) groups is 1. The summed E-state index contributed by atoms with van der Waals surface area (Å²) in [7, 11) is 0. The van der Waals surface area contributed by atoms with Crippen molar-refractivity contribution < 1.29 is 13.6 Å². The first kappa shape index (κ1) is 14.6. The number of amides is 1. The number of hydrogen-bond donors (Lipinski definition) is 0. The van der Waals surface area contributed by atoms with Crippen LogP contribution in [0.25, 0.3) is 0 Å². The van der Waals surface area contributed by atoms with E-state index in [0.29, 0.717) is 6.42 Å². The number of carbonyl (C=O) groups excluding carboxylic acids is 1. The Labute approximate surface area is 94.6 Å². The molecule has 0 N–H and O–H groups in total. The summed E-state index contributed by atoms with van der Waals surface area (Å²) >= 11 is 5.46. The third kappa shape index (κ3) is 6.66. The Morgan fingerprint density at radius 2 is 2.07 bits per heavy atom. The molecule has 1 atom stereocenters. The molecule has 1 unspecified atom stereocenters. The van der Waals surface area contributed by atoms with Crippen LogP contribution in [0.3, 0.4) is 0 Å². The van der Waals surface area contributed by atoms with Crippen molar-refractivity contribution in [3.8, 4) is 0 Å². The summed E-state index contributed by atoms with van der Waals surface area (Å²) in [6.07, 6.45) is -1.30. The van der Waals surface area contributed by atoms with Gasteiger partial charge in [-0.05, 0) is 5.92 Å². The highest BCUT2D eigenvalue weighted by Gasteiger charge is 2.18. The van der Waals surface area contributed by atoms with Gasteiger partial charge in [0, 0.05) is 18.8 Å². The second-order valence-electron chi connectivity index (χ2n) is 3.64. The van der Waals surface area contributed by atoms with Crippen LogP contribution in [0, 0.1) is 5.92 Å². The van der Waals surface area contributed by atoms with E-state index in [1.165, 1.54) is 0 Å². The van der Waals surface area contributed by atoms with Gasteiger partial charge in [0.05, 0.1) is 6.54 Å². The van der Waals surface area contributed by atoms with E-state index >= 15 is 0 Å². The fourth-order valence-electron chi connectivity index (χ4n) is 1.16. The molecule has 0 heterocycles. The smallest absolute Gasteiger partial charge is 0.255 e. The van der Waals surface area contributed by atoms with Gasteiger partial charge in [0.15, 0.2) is 0 Å². The molecule has 0 aliphatic carbocycles. The zero-order valence-electron chi connectivity index (χ0n) is 9.18. The van der Waals surface area contributed by atoms with Gasteiger partial charge in [-0.1, -0.05) is 20.3 Å². The van der Waals surface area contributed by atoms with Crippen molar-refractivity contribution >= 4 is 17.5 Å². The van der Waals surface area contributed by atoms with E-state index in [4.69, 9.17) is 11.6 Å². The zero-order valence-corrected chi connectivity index (χ0v) is 9.94. The van der Waals surface area contributed by atoms with Gasteiger partial charge in [0.1, 0.15) is 0 Å². The van der Waals surface area contributed by atoms with Crippen molar-refractivity contribution in [2.75, 3.05) is 19.0 Å². The third-order valence-corrected chi connectivity index (χ3v) is 2.45. The Balaban J connectivity index is 4.15. The van der Waals surface area contributed by atoms with Crippen LogP contribution in [0.4, 0.5) is 8.78 Å². The maximum absolute atomic E-state index is 12.2. The fraction of sp³-hybridized carbons (Fsp3) is 0.900. The molecule has 0 bridgehead atoms. The van der Waals surface area contributed by atoms with E-state index in [-0.39, 0.29) is 24.2 Å². The van der Waals surface area contributed by atoms with E-state index in [0.717, 1.165) is 11.3 Å². The van der Waals surface area contributed by atoms with Gasteiger partial charge in [0.2, 0.25) is 5.91 Å². The quantitative estimate of drug-likeness (QED) is 0.628. The van der Waals surface area contributed by atoms with Gasteiger partial charge in [-0.25, -0.2) is 8.78 Å². The standard InChI is InChI=1S/C10H18ClF2NO/c1-3-8(2)6-10(15)14(5-4-11)7-9(12)13/h8-9H,3-7H2,1-2H3. The van der Waals surface area contributed by atoms with E-state index < -0.39 is 13.0 Å². The van der Waals surface area contributed by atoms with Crippen LogP contribution in [-0.2, 0) is 4.79 Å². The lowest BCUT2D eigenvalue weighted by Gasteiger charge is -2.22. The molecule has 5 heteroatoms. The van der Waals surface area contributed by atoms with Crippen LogP contribution >= 0.6 is 11.6 Å². The number of hydrogen-bond acceptors (Lipinski definition) is 1. The van der Waals surface area contributed by atoms with Gasteiger partial charge in [-0.2, -0.15) is 0 Å². The number of nitrogens with zero attached hydrogens (tertiary/aromatic N) is 1. The number of rotatable bonds is 7. The average molecular weight is 242 g/mol. The Morgan fingerprint density at radius 1 is 1.47 bits per heavy atom. The van der Waals surface area contributed by atoms with Crippen LogP contribution in [-0.4, -0.2) is 36.2 Å². The lowest BCUT2D eigenvalue weighted by Crippen LogP contribution is -2.37. The highest BCUT2D eigenvalue weighted by molar-refractivity contribution is 6.18. The van der Waals surface area contributed by atoms with Crippen molar-refractivity contribution in [2.24, 2.45) is 5.92 Å². The lowest BCUT2D eigenvalue weighted by atomic mass is 10.0. The van der Waals surface area contributed by atoms with Crippen LogP contribution in [0.5, 0.6) is 0 Å². The minimum Gasteiger partial charge on any atom is -0.336 e. The van der Waals surface area contributed by atoms with Crippen molar-refractivity contribution in [1.82, 2.24) is 4.90 Å². The minimum atomic E-state index is -2.49. The molecule has 15 heavy (non-hydrogen) atoms. The topological polar surface area (TPSA) is 20.3 Å². The van der Waals surface area contributed by atoms with Crippen LogP contribution in [0.15, 0.2) is 0 Å². The van der Waals surface area contributed by atoms with Crippen molar-refractivity contribution in [3.63, 3.8) is 0 Å². The molecule has 0 aliphatic heterocycles. The van der Waals surface area contributed by atoms with Crippen molar-refractivity contribution in [3.05, 3.63) is 0 Å². The molecular weight excluding hydrogens is 224 g/mol. The fourth-order valence-corrected chi connectivity index (χ4v) is 1.36. The van der Waals surface area contributed by atoms with Gasteiger partial charge < -0.3 is 4.90 Å². The van der Waals surface area contributed by atoms with Crippen molar-refractivity contribution in [1.29, 1.82) is 0 Å². The second kappa shape index (κ2) is 7.85. The molecule has 0 saturated heterocycles. The van der Waals surface area contributed by atoms with E-state index in [9.17, 15) is 13.6 Å². The maximum atomic E-state index is 12.2. The summed E-state index contributed by atoms with van der Waals surface area (Å²) in [4.78, 5) is 12.7. The summed E-state index contributed by atoms with van der Waals surface area (Å²) < 4.78 is 24.3. The van der Waals surface area contributed by atoms with Gasteiger partial charge in [-0.3, -0.25) is 4.79 Å². The molecule has 0 rings (SSSR count). The molecule has 0 spiro atoms. The molecule has 1 amide bonds. The Morgan fingerprint density at radius 3 is 2.47 bits per heavy atom. The molecule has 0 aliphatic rings. The largest absolute Gasteiger partial charge is 0.336 e. The average Bonchev–Trinajstić information content (AvgIpc) is 2.16. The maximum Gasteiger partial charge on any atom is 0.255 e. The molecule has 0 radical (unpaired) electrons. The summed E-state index contributed by atoms with van der Waals surface area (Å²) in [5.41, 5.74) is 0. The first-order chi connectivity index (χ1) is 7.01. The first-order valence-corrected chi connectivity index (χ1v) is 5.66. The molecule has 0 fully saturated rings. The zero-order chi connectivity index (χ0) is 11.8. The summed E-state index contributed by atoms with van der Waals surface area (Å²) in [5, 5.41) is 0. The Kier molecular flexibility index (Phi) is 7.65. The summed E-state index contributed by atoms with van der Waals surface area (Å²) in [5.74, 6) is 0.192. The molecule has 2 nitrogen and oxygen atoms in total. The van der Waals surface area contributed by atoms with Gasteiger partial charge in [0.25, 0.3) is 6.43 Å². The van der Waals surface area contributed by atoms with E-state index in [1.807, 2.05) is 13.8 Å². The van der Waals surface area contributed by atoms with Crippen LogP contribution in [0.2, 0.25) is 0 Å². The first-order valence-electron chi connectivity index (χ1n) is 5.13. The predicted molar refractivity (Wildman–Crippen MR) is 57.4 cm³/mol. The monoisotopic (exact) mass is 241 g/mol. The number of halogens is 3. The number of alkyl halides is 3. The molecule has 90 valence electrons. The lowest BCUT2D eigenvalue weighted by molar-refractivity contribution is -0.133. The molecule has 0 aromatic carbocycles. The van der Waals surface area contributed by atoms with Crippen LogP contribution < -0.4 is 0 Å². The summed E-state index contributed by atoms with van der Waals surface area (Å²) in [6.45, 7) is 3.58. The second-order valence-corrected chi connectivity index (χ2v) is 4.02. The van der Waals surface area contributed by atoms with Crippen molar-refractivity contribution in [2.45, 2.75) is 33.1 Å². The normalized spacial score (nSPS) is 12.9. The highest BCUT2D eigenvalue weighted by atomic mass is 35.5. The van der Waals surface area contributed by atoms with Gasteiger partial charge >= 0.3 is 0 Å². The highest BCUT2D eigenvalue weighted by Crippen LogP contribution is 2.10. The van der Waals surface area contributed by atoms with E-state index in [1.54, 1.807) is 0 Å². The predicted octanol–water partition coefficient (Wildman–Crippen LogP) is 2.76. The van der Waals surface area contributed by atoms with E-state index in [2.05, 4.69) is 0 Å². The van der Waals surface area contributed by atoms with Crippen LogP contribution in [0.1, 0.15) is 26.7 Å². The Hall–Kier alpha value is -0.380. The molecule has 0 aromatic rings. The Bertz CT molecular complexity index is 190. The molecule has 0 saturated carbocycles.